The molecule has 5 heteroatoms. The molecule has 1 atom stereocenters. The number of nitrogens with two attached hydrogens (primary N) is 1. The molecule has 138 valence electrons. The molecule has 2 aromatic carbocycles. The molecule has 0 aliphatic carbocycles. The minimum Gasteiger partial charge on any atom is -0.383 e. The zero-order valence-corrected chi connectivity index (χ0v) is 15.8. The summed E-state index contributed by atoms with van der Waals surface area (Å²) in [5, 5.41) is 2.18. The lowest BCUT2D eigenvalue weighted by Crippen LogP contribution is -2.36. The Hall–Kier alpha value is -3.08. The Bertz CT molecular complexity index is 1070. The van der Waals surface area contributed by atoms with Crippen molar-refractivity contribution in [3.63, 3.8) is 0 Å². The van der Waals surface area contributed by atoms with Gasteiger partial charge < -0.3 is 15.6 Å². The number of aromatic amines is 1. The summed E-state index contributed by atoms with van der Waals surface area (Å²) in [6, 6.07) is 16.6. The Morgan fingerprint density at radius 2 is 1.78 bits per heavy atom. The molecule has 2 aromatic heterocycles. The van der Waals surface area contributed by atoms with Crippen LogP contribution in [0.1, 0.15) is 25.8 Å². The van der Waals surface area contributed by atoms with Gasteiger partial charge in [-0.1, -0.05) is 37.3 Å². The van der Waals surface area contributed by atoms with Crippen LogP contribution < -0.4 is 10.6 Å². The second kappa shape index (κ2) is 7.27. The van der Waals surface area contributed by atoms with Gasteiger partial charge in [0.2, 0.25) is 5.95 Å². The minimum atomic E-state index is 0.329. The Labute approximate surface area is 159 Å². The molecule has 0 aliphatic heterocycles. The first-order chi connectivity index (χ1) is 13.2. The van der Waals surface area contributed by atoms with E-state index in [9.17, 15) is 0 Å². The number of fused-ring (bicyclic) bond motifs is 2. The number of anilines is 2. The lowest BCUT2D eigenvalue weighted by molar-refractivity contribution is 0.602. The SMILES string of the molecule is CCC(C)N(CCc1c[nH]c2ccccc12)c1nc(N)c2ccccc2n1. The van der Waals surface area contributed by atoms with Crippen LogP contribution in [0.3, 0.4) is 0 Å². The van der Waals surface area contributed by atoms with E-state index in [1.165, 1.54) is 16.5 Å². The van der Waals surface area contributed by atoms with Gasteiger partial charge in [-0.2, -0.15) is 4.98 Å². The van der Waals surface area contributed by atoms with Gasteiger partial charge in [0.15, 0.2) is 0 Å². The number of H-pyrrole nitrogens is 1. The summed E-state index contributed by atoms with van der Waals surface area (Å²) in [5.74, 6) is 1.25. The van der Waals surface area contributed by atoms with E-state index in [1.807, 2.05) is 24.3 Å². The van der Waals surface area contributed by atoms with E-state index in [0.717, 1.165) is 30.3 Å². The molecule has 2 heterocycles. The maximum atomic E-state index is 6.22. The van der Waals surface area contributed by atoms with E-state index in [4.69, 9.17) is 10.7 Å². The first-order valence-corrected chi connectivity index (χ1v) is 9.51. The molecule has 5 nitrogen and oxygen atoms in total. The van der Waals surface area contributed by atoms with Gasteiger partial charge >= 0.3 is 0 Å². The Balaban J connectivity index is 1.65. The fourth-order valence-corrected chi connectivity index (χ4v) is 3.53. The Kier molecular flexibility index (Phi) is 4.67. The second-order valence-electron chi connectivity index (χ2n) is 6.99. The first kappa shape index (κ1) is 17.3. The molecule has 27 heavy (non-hydrogen) atoms. The third-order valence-corrected chi connectivity index (χ3v) is 5.30. The van der Waals surface area contributed by atoms with Gasteiger partial charge in [0.25, 0.3) is 0 Å². The van der Waals surface area contributed by atoms with Gasteiger partial charge in [0, 0.05) is 35.1 Å². The quantitative estimate of drug-likeness (QED) is 0.530. The summed E-state index contributed by atoms with van der Waals surface area (Å²) in [5.41, 5.74) is 9.60. The van der Waals surface area contributed by atoms with Crippen molar-refractivity contribution in [3.05, 3.63) is 60.3 Å². The van der Waals surface area contributed by atoms with Crippen molar-refractivity contribution in [2.24, 2.45) is 0 Å². The fourth-order valence-electron chi connectivity index (χ4n) is 3.53. The van der Waals surface area contributed by atoms with Crippen LogP contribution in [0.4, 0.5) is 11.8 Å². The van der Waals surface area contributed by atoms with Crippen LogP contribution in [0.2, 0.25) is 0 Å². The van der Waals surface area contributed by atoms with Gasteiger partial charge in [-0.15, -0.1) is 0 Å². The normalized spacial score (nSPS) is 12.5. The predicted molar refractivity (Wildman–Crippen MR) is 113 cm³/mol. The van der Waals surface area contributed by atoms with E-state index in [-0.39, 0.29) is 0 Å². The van der Waals surface area contributed by atoms with E-state index in [1.54, 1.807) is 0 Å². The van der Waals surface area contributed by atoms with Crippen molar-refractivity contribution in [2.75, 3.05) is 17.2 Å². The molecule has 0 radical (unpaired) electrons. The number of benzene rings is 2. The second-order valence-corrected chi connectivity index (χ2v) is 6.99. The molecule has 0 bridgehead atoms. The molecule has 0 aliphatic rings. The lowest BCUT2D eigenvalue weighted by Gasteiger charge is -2.29. The maximum absolute atomic E-state index is 6.22. The highest BCUT2D eigenvalue weighted by molar-refractivity contribution is 5.89. The molecule has 3 N–H and O–H groups in total. The Morgan fingerprint density at radius 3 is 2.59 bits per heavy atom. The topological polar surface area (TPSA) is 70.8 Å². The molecular formula is C22H25N5. The molecule has 0 saturated carbocycles. The number of nitrogen functional groups attached to an aromatic ring is 1. The highest BCUT2D eigenvalue weighted by Gasteiger charge is 2.18. The molecule has 4 aromatic rings. The molecule has 0 fully saturated rings. The standard InChI is InChI=1S/C22H25N5/c1-3-15(2)27(13-12-16-14-24-19-10-6-4-8-17(16)19)22-25-20-11-7-5-9-18(20)21(23)26-22/h4-11,14-15,24H,3,12-13H2,1-2H3,(H2,23,25,26). The van der Waals surface area contributed by atoms with Crippen molar-refractivity contribution < 1.29 is 0 Å². The van der Waals surface area contributed by atoms with E-state index < -0.39 is 0 Å². The summed E-state index contributed by atoms with van der Waals surface area (Å²) in [4.78, 5) is 15.0. The highest BCUT2D eigenvalue weighted by atomic mass is 15.3. The minimum absolute atomic E-state index is 0.329. The van der Waals surface area contributed by atoms with Crippen molar-refractivity contribution in [2.45, 2.75) is 32.7 Å². The maximum Gasteiger partial charge on any atom is 0.228 e. The van der Waals surface area contributed by atoms with Crippen molar-refractivity contribution >= 4 is 33.6 Å². The first-order valence-electron chi connectivity index (χ1n) is 9.51. The van der Waals surface area contributed by atoms with Crippen LogP contribution >= 0.6 is 0 Å². The number of hydrogen-bond donors (Lipinski definition) is 2. The van der Waals surface area contributed by atoms with Gasteiger partial charge in [-0.05, 0) is 43.5 Å². The summed E-state index contributed by atoms with van der Waals surface area (Å²) < 4.78 is 0. The number of rotatable bonds is 6. The number of aromatic nitrogens is 3. The zero-order chi connectivity index (χ0) is 18.8. The summed E-state index contributed by atoms with van der Waals surface area (Å²) in [6.07, 6.45) is 4.05. The van der Waals surface area contributed by atoms with Crippen LogP contribution in [0, 0.1) is 0 Å². The van der Waals surface area contributed by atoms with Crippen LogP contribution in [-0.4, -0.2) is 27.5 Å². The van der Waals surface area contributed by atoms with Crippen LogP contribution in [0.15, 0.2) is 54.7 Å². The van der Waals surface area contributed by atoms with Crippen LogP contribution in [0.5, 0.6) is 0 Å². The lowest BCUT2D eigenvalue weighted by atomic mass is 10.1. The smallest absolute Gasteiger partial charge is 0.228 e. The number of hydrogen-bond acceptors (Lipinski definition) is 4. The Morgan fingerprint density at radius 1 is 1.04 bits per heavy atom. The molecule has 4 rings (SSSR count). The summed E-state index contributed by atoms with van der Waals surface area (Å²) in [7, 11) is 0. The third-order valence-electron chi connectivity index (χ3n) is 5.30. The molecule has 0 saturated heterocycles. The van der Waals surface area contributed by atoms with E-state index in [2.05, 4.69) is 59.2 Å². The largest absolute Gasteiger partial charge is 0.383 e. The third kappa shape index (κ3) is 3.33. The van der Waals surface area contributed by atoms with Crippen molar-refractivity contribution in [1.82, 2.24) is 15.0 Å². The fraction of sp³-hybridized carbons (Fsp3) is 0.273. The molecular weight excluding hydrogens is 334 g/mol. The van der Waals surface area contributed by atoms with Crippen molar-refractivity contribution in [3.8, 4) is 0 Å². The van der Waals surface area contributed by atoms with Gasteiger partial charge in [0.05, 0.1) is 5.52 Å². The molecule has 0 spiro atoms. The monoisotopic (exact) mass is 359 g/mol. The number of nitrogens with one attached hydrogen (secondary N) is 1. The van der Waals surface area contributed by atoms with Crippen LogP contribution in [-0.2, 0) is 6.42 Å². The van der Waals surface area contributed by atoms with Gasteiger partial charge in [-0.25, -0.2) is 4.98 Å². The van der Waals surface area contributed by atoms with Crippen LogP contribution in [0.25, 0.3) is 21.8 Å². The summed E-state index contributed by atoms with van der Waals surface area (Å²) in [6.45, 7) is 5.24. The summed E-state index contributed by atoms with van der Waals surface area (Å²) >= 11 is 0. The van der Waals surface area contributed by atoms with Crippen molar-refractivity contribution in [1.29, 1.82) is 0 Å². The predicted octanol–water partition coefficient (Wildman–Crippen LogP) is 4.54. The highest BCUT2D eigenvalue weighted by Crippen LogP contribution is 2.24. The van der Waals surface area contributed by atoms with Gasteiger partial charge in [-0.3, -0.25) is 0 Å². The van der Waals surface area contributed by atoms with E-state index in [0.29, 0.717) is 17.8 Å². The number of para-hydroxylation sites is 2. The van der Waals surface area contributed by atoms with Gasteiger partial charge in [0.1, 0.15) is 5.82 Å². The number of nitrogens with zero attached hydrogens (tertiary/aromatic N) is 3. The zero-order valence-electron chi connectivity index (χ0n) is 15.8. The average molecular weight is 359 g/mol. The average Bonchev–Trinajstić information content (AvgIpc) is 3.11. The molecule has 1 unspecified atom stereocenters. The molecule has 0 amide bonds. The van der Waals surface area contributed by atoms with E-state index >= 15 is 0 Å².